The summed E-state index contributed by atoms with van der Waals surface area (Å²) in [4.78, 5) is 11.2. The minimum absolute atomic E-state index is 0.261. The molecule has 0 aliphatic rings. The van der Waals surface area contributed by atoms with E-state index in [2.05, 4.69) is 0 Å². The van der Waals surface area contributed by atoms with Crippen LogP contribution in [0.2, 0.25) is 0 Å². The molecule has 0 saturated heterocycles. The van der Waals surface area contributed by atoms with Crippen LogP contribution in [0.15, 0.2) is 36.5 Å². The molecule has 1 N–H and O–H groups in total. The highest BCUT2D eigenvalue weighted by molar-refractivity contribution is 6.00. The van der Waals surface area contributed by atoms with E-state index >= 15 is 0 Å². The van der Waals surface area contributed by atoms with Gasteiger partial charge in [0, 0.05) is 25.9 Å². The van der Waals surface area contributed by atoms with Crippen LogP contribution < -0.4 is 4.74 Å². The van der Waals surface area contributed by atoms with Gasteiger partial charge >= 0.3 is 5.97 Å². The Morgan fingerprint density at radius 3 is 2.57 bits per heavy atom. The topological polar surface area (TPSA) is 56.4 Å². The van der Waals surface area contributed by atoms with Crippen LogP contribution in [-0.2, 0) is 14.1 Å². The molecule has 0 aliphatic heterocycles. The zero-order valence-electron chi connectivity index (χ0n) is 12.1. The molecule has 0 atom stereocenters. The Kier molecular flexibility index (Phi) is 2.97. The molecule has 0 aliphatic carbocycles. The molecule has 5 heteroatoms. The maximum Gasteiger partial charge on any atom is 0.352 e. The highest BCUT2D eigenvalue weighted by Gasteiger charge is 2.18. The molecule has 2 aromatic heterocycles. The number of carboxylic acids is 1. The number of nitrogens with zero attached hydrogens (tertiary/aromatic N) is 2. The highest BCUT2D eigenvalue weighted by atomic mass is 16.5. The molecule has 1 aromatic carbocycles. The van der Waals surface area contributed by atoms with Crippen molar-refractivity contribution in [1.29, 1.82) is 0 Å². The monoisotopic (exact) mass is 284 g/mol. The first kappa shape index (κ1) is 13.3. The summed E-state index contributed by atoms with van der Waals surface area (Å²) in [5, 5.41) is 10.2. The molecule has 5 nitrogen and oxygen atoms in total. The van der Waals surface area contributed by atoms with Crippen LogP contribution in [-0.4, -0.2) is 27.3 Å². The molecule has 0 bridgehead atoms. The molecular weight excluding hydrogens is 268 g/mol. The summed E-state index contributed by atoms with van der Waals surface area (Å²) in [5.74, 6) is -0.155. The van der Waals surface area contributed by atoms with Gasteiger partial charge in [0.2, 0.25) is 0 Å². The highest BCUT2D eigenvalue weighted by Crippen LogP contribution is 2.36. The average molecular weight is 284 g/mol. The molecule has 0 unspecified atom stereocenters. The van der Waals surface area contributed by atoms with Gasteiger partial charge in [-0.05, 0) is 24.3 Å². The number of benzene rings is 1. The Hall–Kier alpha value is -2.69. The number of methoxy groups -OCH3 is 1. The van der Waals surface area contributed by atoms with E-state index in [1.54, 1.807) is 24.8 Å². The van der Waals surface area contributed by atoms with Gasteiger partial charge in [-0.25, -0.2) is 4.79 Å². The molecule has 0 spiro atoms. The number of ether oxygens (including phenoxy) is 1. The summed E-state index contributed by atoms with van der Waals surface area (Å²) in [5.41, 5.74) is 3.11. The Morgan fingerprint density at radius 2 is 1.95 bits per heavy atom. The molecule has 108 valence electrons. The van der Waals surface area contributed by atoms with Crippen molar-refractivity contribution in [2.45, 2.75) is 0 Å². The van der Waals surface area contributed by atoms with E-state index < -0.39 is 5.97 Å². The SMILES string of the molecule is COc1cccc2c1c(-c1ccc(C(=O)O)n1C)cn2C. The number of hydrogen-bond donors (Lipinski definition) is 1. The van der Waals surface area contributed by atoms with Gasteiger partial charge in [-0.1, -0.05) is 6.07 Å². The number of aromatic carboxylic acids is 1. The van der Waals surface area contributed by atoms with Crippen LogP contribution in [0, 0.1) is 0 Å². The lowest BCUT2D eigenvalue weighted by molar-refractivity contribution is 0.0687. The molecule has 0 radical (unpaired) electrons. The summed E-state index contributed by atoms with van der Waals surface area (Å²) >= 11 is 0. The van der Waals surface area contributed by atoms with Gasteiger partial charge in [0.15, 0.2) is 0 Å². The Morgan fingerprint density at radius 1 is 1.19 bits per heavy atom. The predicted molar refractivity (Wildman–Crippen MR) is 80.8 cm³/mol. The Labute approximate surface area is 122 Å². The maximum atomic E-state index is 11.2. The van der Waals surface area contributed by atoms with Gasteiger partial charge < -0.3 is 19.0 Å². The lowest BCUT2D eigenvalue weighted by Crippen LogP contribution is -2.05. The summed E-state index contributed by atoms with van der Waals surface area (Å²) in [7, 11) is 5.36. The summed E-state index contributed by atoms with van der Waals surface area (Å²) in [6.07, 6.45) is 1.99. The van der Waals surface area contributed by atoms with Crippen molar-refractivity contribution in [2.24, 2.45) is 14.1 Å². The molecule has 0 saturated carbocycles. The van der Waals surface area contributed by atoms with Crippen molar-refractivity contribution in [2.75, 3.05) is 7.11 Å². The standard InChI is InChI=1S/C16H16N2O3/c1-17-9-10(11-7-8-13(16(19)20)18(11)2)15-12(17)5-4-6-14(15)21-3/h4-9H,1-3H3,(H,19,20). The number of rotatable bonds is 3. The molecule has 0 fully saturated rings. The third-order valence-corrected chi connectivity index (χ3v) is 3.81. The Bertz CT molecular complexity index is 843. The van der Waals surface area contributed by atoms with Gasteiger partial charge in [0.1, 0.15) is 11.4 Å². The number of aromatic nitrogens is 2. The molecule has 21 heavy (non-hydrogen) atoms. The van der Waals surface area contributed by atoms with E-state index in [-0.39, 0.29) is 5.69 Å². The quantitative estimate of drug-likeness (QED) is 0.804. The van der Waals surface area contributed by atoms with Gasteiger partial charge in [-0.2, -0.15) is 0 Å². The second-order valence-corrected chi connectivity index (χ2v) is 4.98. The van der Waals surface area contributed by atoms with Crippen molar-refractivity contribution in [3.8, 4) is 17.0 Å². The van der Waals surface area contributed by atoms with Crippen LogP contribution >= 0.6 is 0 Å². The van der Waals surface area contributed by atoms with Gasteiger partial charge in [-0.15, -0.1) is 0 Å². The second-order valence-electron chi connectivity index (χ2n) is 4.98. The van der Waals surface area contributed by atoms with E-state index in [1.807, 2.05) is 42.1 Å². The number of carboxylic acid groups (broad SMARTS) is 1. The minimum Gasteiger partial charge on any atom is -0.496 e. The van der Waals surface area contributed by atoms with Crippen molar-refractivity contribution in [3.63, 3.8) is 0 Å². The number of carbonyl (C=O) groups is 1. The summed E-state index contributed by atoms with van der Waals surface area (Å²) < 4.78 is 9.16. The van der Waals surface area contributed by atoms with E-state index in [4.69, 9.17) is 4.74 Å². The first-order valence-electron chi connectivity index (χ1n) is 6.56. The lowest BCUT2D eigenvalue weighted by Gasteiger charge is -2.07. The van der Waals surface area contributed by atoms with Crippen LogP contribution in [0.3, 0.4) is 0 Å². The van der Waals surface area contributed by atoms with E-state index in [9.17, 15) is 9.90 Å². The van der Waals surface area contributed by atoms with Crippen molar-refractivity contribution < 1.29 is 14.6 Å². The lowest BCUT2D eigenvalue weighted by atomic mass is 10.1. The smallest absolute Gasteiger partial charge is 0.352 e. The van der Waals surface area contributed by atoms with Crippen molar-refractivity contribution >= 4 is 16.9 Å². The van der Waals surface area contributed by atoms with Crippen LogP contribution in [0.5, 0.6) is 5.75 Å². The first-order valence-corrected chi connectivity index (χ1v) is 6.56. The molecule has 3 rings (SSSR count). The average Bonchev–Trinajstić information content (AvgIpc) is 3.00. The van der Waals surface area contributed by atoms with Crippen LogP contribution in [0.4, 0.5) is 0 Å². The van der Waals surface area contributed by atoms with E-state index in [0.29, 0.717) is 0 Å². The van der Waals surface area contributed by atoms with Gasteiger partial charge in [-0.3, -0.25) is 0 Å². The normalized spacial score (nSPS) is 11.0. The Balaban J connectivity index is 2.33. The van der Waals surface area contributed by atoms with E-state index in [1.165, 1.54) is 0 Å². The molecule has 3 aromatic rings. The first-order chi connectivity index (χ1) is 10.0. The van der Waals surface area contributed by atoms with E-state index in [0.717, 1.165) is 27.9 Å². The van der Waals surface area contributed by atoms with Gasteiger partial charge in [0.25, 0.3) is 0 Å². The van der Waals surface area contributed by atoms with Crippen molar-refractivity contribution in [3.05, 3.63) is 42.2 Å². The maximum absolute atomic E-state index is 11.2. The number of hydrogen-bond acceptors (Lipinski definition) is 2. The fraction of sp³-hybridized carbons (Fsp3) is 0.188. The summed E-state index contributed by atoms with van der Waals surface area (Å²) in [6, 6.07) is 9.31. The van der Waals surface area contributed by atoms with Crippen molar-refractivity contribution in [1.82, 2.24) is 9.13 Å². The zero-order chi connectivity index (χ0) is 15.1. The predicted octanol–water partition coefficient (Wildman–Crippen LogP) is 2.89. The number of fused-ring (bicyclic) bond motifs is 1. The van der Waals surface area contributed by atoms with Crippen LogP contribution in [0.1, 0.15) is 10.5 Å². The zero-order valence-corrected chi connectivity index (χ0v) is 12.1. The third-order valence-electron chi connectivity index (χ3n) is 3.81. The fourth-order valence-corrected chi connectivity index (χ4v) is 2.77. The molecule has 2 heterocycles. The molecule has 0 amide bonds. The second kappa shape index (κ2) is 4.70. The fourth-order valence-electron chi connectivity index (χ4n) is 2.77. The number of aryl methyl sites for hydroxylation is 1. The molecular formula is C16H16N2O3. The summed E-state index contributed by atoms with van der Waals surface area (Å²) in [6.45, 7) is 0. The van der Waals surface area contributed by atoms with Crippen LogP contribution in [0.25, 0.3) is 22.2 Å². The third kappa shape index (κ3) is 1.89. The largest absolute Gasteiger partial charge is 0.496 e. The van der Waals surface area contributed by atoms with Gasteiger partial charge in [0.05, 0.1) is 23.7 Å². The minimum atomic E-state index is -0.934.